The molecule has 8 fully saturated rings. The van der Waals surface area contributed by atoms with Gasteiger partial charge >= 0.3 is 0 Å². The van der Waals surface area contributed by atoms with Crippen molar-refractivity contribution in [2.45, 2.75) is 171 Å². The molecule has 298 valence electrons. The van der Waals surface area contributed by atoms with Gasteiger partial charge in [-0.2, -0.15) is 0 Å². The summed E-state index contributed by atoms with van der Waals surface area (Å²) in [6.07, 6.45) is -3.66. The molecule has 4 heterocycles. The lowest BCUT2D eigenvalue weighted by molar-refractivity contribution is -0.364. The molecule has 52 heavy (non-hydrogen) atoms. The summed E-state index contributed by atoms with van der Waals surface area (Å²) in [4.78, 5) is 0. The second kappa shape index (κ2) is 14.1. The van der Waals surface area contributed by atoms with Gasteiger partial charge in [0.25, 0.3) is 0 Å². The first-order valence-corrected chi connectivity index (χ1v) is 20.3. The third-order valence-corrected chi connectivity index (χ3v) is 16.2. The van der Waals surface area contributed by atoms with Crippen LogP contribution in [0.15, 0.2) is 0 Å². The lowest BCUT2D eigenvalue weighted by Crippen LogP contribution is -2.65. The van der Waals surface area contributed by atoms with Crippen LogP contribution in [0.3, 0.4) is 0 Å². The van der Waals surface area contributed by atoms with Gasteiger partial charge in [0.1, 0.15) is 48.8 Å². The molecule has 4 saturated heterocycles. The standard InChI is InChI=1S/C39H64O13/c1-18-7-12-39(47-17-18)19(2)28-25(52-39)14-24-22-6-5-20-13-21(8-10-37(20,3)23(22)9-11-38(24,28)4)48-35-33(46)31(44)34(27(16-41)50-35)51-36-32(45)30(43)29(42)26(15-40)49-36/h18-36,40-46H,5-17H2,1-4H3/t18?,19-,20-,21-,22+,23-,24-,25-,26+,27+,28-,29+,30-,31+,32+,33+,34+,35+,36-,37-,38-,39+/m0/s1. The maximum absolute atomic E-state index is 11.2. The van der Waals surface area contributed by atoms with Gasteiger partial charge in [-0.15, -0.1) is 0 Å². The van der Waals surface area contributed by atoms with E-state index in [1.54, 1.807) is 0 Å². The van der Waals surface area contributed by atoms with Crippen LogP contribution < -0.4 is 0 Å². The fourth-order valence-electron chi connectivity index (χ4n) is 13.2. The van der Waals surface area contributed by atoms with Gasteiger partial charge in [0.2, 0.25) is 0 Å². The van der Waals surface area contributed by atoms with E-state index in [0.717, 1.165) is 45.1 Å². The summed E-state index contributed by atoms with van der Waals surface area (Å²) in [6.45, 7) is 9.33. The molecular weight excluding hydrogens is 676 g/mol. The number of aliphatic hydroxyl groups is 7. The van der Waals surface area contributed by atoms with Crippen molar-refractivity contribution in [1.29, 1.82) is 0 Å². The molecule has 8 rings (SSSR count). The van der Waals surface area contributed by atoms with Crippen LogP contribution in [0.5, 0.6) is 0 Å². The van der Waals surface area contributed by atoms with Crippen LogP contribution in [0.1, 0.15) is 91.9 Å². The number of rotatable bonds is 6. The summed E-state index contributed by atoms with van der Waals surface area (Å²) in [5.41, 5.74) is 0.468. The van der Waals surface area contributed by atoms with E-state index >= 15 is 0 Å². The Hall–Kier alpha value is -0.520. The van der Waals surface area contributed by atoms with Crippen molar-refractivity contribution in [2.24, 2.45) is 52.3 Å². The first-order chi connectivity index (χ1) is 24.7. The van der Waals surface area contributed by atoms with E-state index in [2.05, 4.69) is 27.7 Å². The lowest BCUT2D eigenvalue weighted by atomic mass is 9.44. The fourth-order valence-corrected chi connectivity index (χ4v) is 13.2. The molecule has 4 aliphatic carbocycles. The molecule has 1 spiro atoms. The predicted molar refractivity (Wildman–Crippen MR) is 183 cm³/mol. The van der Waals surface area contributed by atoms with Crippen LogP contribution in [0.4, 0.5) is 0 Å². The van der Waals surface area contributed by atoms with E-state index in [4.69, 9.17) is 28.4 Å². The van der Waals surface area contributed by atoms with E-state index in [1.165, 1.54) is 25.7 Å². The monoisotopic (exact) mass is 740 g/mol. The summed E-state index contributed by atoms with van der Waals surface area (Å²) in [5, 5.41) is 72.8. The molecule has 22 atom stereocenters. The molecule has 8 aliphatic rings. The number of aliphatic hydroxyl groups excluding tert-OH is 7. The van der Waals surface area contributed by atoms with E-state index in [-0.39, 0.29) is 23.0 Å². The Morgan fingerprint density at radius 3 is 2.08 bits per heavy atom. The highest BCUT2D eigenvalue weighted by molar-refractivity contribution is 5.15. The van der Waals surface area contributed by atoms with Gasteiger partial charge in [0.05, 0.1) is 32.0 Å². The fraction of sp³-hybridized carbons (Fsp3) is 1.00. The van der Waals surface area contributed by atoms with E-state index in [0.29, 0.717) is 41.4 Å². The molecule has 0 aromatic heterocycles. The van der Waals surface area contributed by atoms with Crippen molar-refractivity contribution in [2.75, 3.05) is 19.8 Å². The van der Waals surface area contributed by atoms with Crippen molar-refractivity contribution in [1.82, 2.24) is 0 Å². The van der Waals surface area contributed by atoms with Crippen LogP contribution in [0.2, 0.25) is 0 Å². The minimum atomic E-state index is -1.71. The van der Waals surface area contributed by atoms with Crippen molar-refractivity contribution >= 4 is 0 Å². The van der Waals surface area contributed by atoms with Gasteiger partial charge in [-0.3, -0.25) is 0 Å². The van der Waals surface area contributed by atoms with Crippen LogP contribution in [0, 0.1) is 52.3 Å². The molecule has 1 unspecified atom stereocenters. The first-order valence-electron chi connectivity index (χ1n) is 20.3. The second-order valence-corrected chi connectivity index (χ2v) is 18.7. The Balaban J connectivity index is 0.892. The average molecular weight is 741 g/mol. The zero-order valence-electron chi connectivity index (χ0n) is 31.2. The van der Waals surface area contributed by atoms with E-state index in [9.17, 15) is 35.7 Å². The normalized spacial score (nSPS) is 59.0. The summed E-state index contributed by atoms with van der Waals surface area (Å²) >= 11 is 0. The first kappa shape index (κ1) is 38.4. The van der Waals surface area contributed by atoms with Gasteiger partial charge in [-0.05, 0) is 104 Å². The van der Waals surface area contributed by atoms with Gasteiger partial charge < -0.3 is 64.2 Å². The van der Waals surface area contributed by atoms with E-state index in [1.807, 2.05) is 0 Å². The Morgan fingerprint density at radius 2 is 1.37 bits per heavy atom. The van der Waals surface area contributed by atoms with E-state index < -0.39 is 80.4 Å². The predicted octanol–water partition coefficient (Wildman–Crippen LogP) is 1.44. The van der Waals surface area contributed by atoms with Crippen LogP contribution in [0.25, 0.3) is 0 Å². The third kappa shape index (κ3) is 5.98. The van der Waals surface area contributed by atoms with Gasteiger partial charge in [0, 0.05) is 12.3 Å². The third-order valence-electron chi connectivity index (χ3n) is 16.2. The average Bonchev–Trinajstić information content (AvgIpc) is 3.58. The number of ether oxygens (including phenoxy) is 6. The minimum Gasteiger partial charge on any atom is -0.394 e. The summed E-state index contributed by atoms with van der Waals surface area (Å²) in [6, 6.07) is 0. The molecule has 0 aromatic rings. The second-order valence-electron chi connectivity index (χ2n) is 18.7. The molecule has 0 radical (unpaired) electrons. The largest absolute Gasteiger partial charge is 0.394 e. The maximum Gasteiger partial charge on any atom is 0.187 e. The SMILES string of the molecule is CC1CC[C@@]2(OC1)O[C@H]1C[C@H]3[C@@H]4CC[C@H]5C[C@@H](O[C@@H]6O[C@H](CO)[C@@H](O[C@@H]7O[C@H](CO)[C@@H](O)[C@H](O)[C@H]7O)[C@H](O)[C@H]6O)CC[C@]5(C)[C@H]4CC[C@]3(C)[C@H]1[C@@H]2C. The number of hydrogen-bond donors (Lipinski definition) is 7. The van der Waals surface area contributed by atoms with Gasteiger partial charge in [0.15, 0.2) is 18.4 Å². The number of hydrogen-bond acceptors (Lipinski definition) is 13. The minimum absolute atomic E-state index is 0.188. The van der Waals surface area contributed by atoms with Gasteiger partial charge in [-0.25, -0.2) is 0 Å². The highest BCUT2D eigenvalue weighted by Crippen LogP contribution is 2.71. The lowest BCUT2D eigenvalue weighted by Gasteiger charge is -2.61. The molecule has 7 N–H and O–H groups in total. The molecule has 0 amide bonds. The molecule has 0 bridgehead atoms. The van der Waals surface area contributed by atoms with Crippen LogP contribution in [-0.2, 0) is 28.4 Å². The van der Waals surface area contributed by atoms with Crippen LogP contribution >= 0.6 is 0 Å². The number of fused-ring (bicyclic) bond motifs is 7. The zero-order valence-corrected chi connectivity index (χ0v) is 31.2. The van der Waals surface area contributed by atoms with Crippen molar-refractivity contribution in [3.05, 3.63) is 0 Å². The van der Waals surface area contributed by atoms with Gasteiger partial charge in [-0.1, -0.05) is 27.7 Å². The Kier molecular flexibility index (Phi) is 10.4. The molecule has 4 aliphatic heterocycles. The van der Waals surface area contributed by atoms with Crippen molar-refractivity contribution in [3.8, 4) is 0 Å². The van der Waals surface area contributed by atoms with Crippen LogP contribution in [-0.4, -0.2) is 135 Å². The van der Waals surface area contributed by atoms with Crippen molar-refractivity contribution < 1.29 is 64.2 Å². The molecular formula is C39H64O13. The smallest absolute Gasteiger partial charge is 0.187 e. The molecule has 0 aromatic carbocycles. The summed E-state index contributed by atoms with van der Waals surface area (Å²) in [7, 11) is 0. The zero-order chi connectivity index (χ0) is 36.9. The molecule has 4 saturated carbocycles. The Morgan fingerprint density at radius 1 is 0.673 bits per heavy atom. The quantitative estimate of drug-likeness (QED) is 0.194. The molecule has 13 heteroatoms. The Bertz CT molecular complexity index is 1260. The summed E-state index contributed by atoms with van der Waals surface area (Å²) in [5.74, 6) is 3.63. The topological polar surface area (TPSA) is 197 Å². The maximum atomic E-state index is 11.2. The Labute approximate surface area is 307 Å². The highest BCUT2D eigenvalue weighted by atomic mass is 16.7. The summed E-state index contributed by atoms with van der Waals surface area (Å²) < 4.78 is 37.0. The highest BCUT2D eigenvalue weighted by Gasteiger charge is 2.69. The van der Waals surface area contributed by atoms with Crippen molar-refractivity contribution in [3.63, 3.8) is 0 Å². The molecule has 13 nitrogen and oxygen atoms in total.